The van der Waals surface area contributed by atoms with Crippen molar-refractivity contribution in [1.29, 1.82) is 0 Å². The molecule has 0 aromatic carbocycles. The molecule has 1 atom stereocenters. The molecule has 3 N–H and O–H groups in total. The van der Waals surface area contributed by atoms with Gasteiger partial charge in [0.25, 0.3) is 0 Å². The number of aliphatic hydroxyl groups excluding tert-OH is 1. The predicted octanol–water partition coefficient (Wildman–Crippen LogP) is 0.384. The van der Waals surface area contributed by atoms with Crippen LogP contribution in [0.15, 0.2) is 0 Å². The molecule has 0 radical (unpaired) electrons. The number of ether oxygens (including phenoxy) is 1. The first kappa shape index (κ1) is 12.2. The van der Waals surface area contributed by atoms with Crippen LogP contribution in [0.4, 0.5) is 5.13 Å². The van der Waals surface area contributed by atoms with Crippen LogP contribution in [0.3, 0.4) is 0 Å². The highest BCUT2D eigenvalue weighted by atomic mass is 32.1. The van der Waals surface area contributed by atoms with E-state index in [9.17, 15) is 5.11 Å². The largest absolute Gasteiger partial charge is 0.480 e. The van der Waals surface area contributed by atoms with Crippen LogP contribution in [0.1, 0.15) is 11.8 Å². The second-order valence-electron chi connectivity index (χ2n) is 3.80. The van der Waals surface area contributed by atoms with Crippen molar-refractivity contribution in [3.05, 3.63) is 4.88 Å². The average molecular weight is 231 g/mol. The number of hydrogen-bond donors (Lipinski definition) is 2. The van der Waals surface area contributed by atoms with Gasteiger partial charge in [0.15, 0.2) is 5.13 Å². The minimum atomic E-state index is -0.808. The number of aliphatic hydroxyl groups is 1. The van der Waals surface area contributed by atoms with Gasteiger partial charge in [-0.15, -0.1) is 0 Å². The van der Waals surface area contributed by atoms with Gasteiger partial charge in [-0.1, -0.05) is 11.3 Å². The van der Waals surface area contributed by atoms with Crippen LogP contribution in [0.5, 0.6) is 5.88 Å². The van der Waals surface area contributed by atoms with Crippen molar-refractivity contribution in [2.24, 2.45) is 5.73 Å². The van der Waals surface area contributed by atoms with Crippen LogP contribution in [0, 0.1) is 0 Å². The fourth-order valence-corrected chi connectivity index (χ4v) is 2.07. The van der Waals surface area contributed by atoms with E-state index in [1.54, 1.807) is 14.0 Å². The Morgan fingerprint density at radius 2 is 2.20 bits per heavy atom. The molecule has 1 aromatic heterocycles. The van der Waals surface area contributed by atoms with Crippen molar-refractivity contribution >= 4 is 16.5 Å². The highest BCUT2D eigenvalue weighted by molar-refractivity contribution is 7.16. The van der Waals surface area contributed by atoms with Gasteiger partial charge >= 0.3 is 0 Å². The van der Waals surface area contributed by atoms with E-state index in [2.05, 4.69) is 4.98 Å². The third-order valence-corrected chi connectivity index (χ3v) is 3.49. The summed E-state index contributed by atoms with van der Waals surface area (Å²) in [6.07, 6.45) is 0. The summed E-state index contributed by atoms with van der Waals surface area (Å²) in [6, 6.07) is 0. The highest BCUT2D eigenvalue weighted by Crippen LogP contribution is 2.36. The number of aromatic nitrogens is 1. The van der Waals surface area contributed by atoms with Crippen molar-refractivity contribution in [2.45, 2.75) is 12.5 Å². The monoisotopic (exact) mass is 231 g/mol. The molecule has 6 heteroatoms. The second kappa shape index (κ2) is 4.34. The summed E-state index contributed by atoms with van der Waals surface area (Å²) in [5, 5.41) is 10.0. The molecule has 1 rings (SSSR count). The Morgan fingerprint density at radius 3 is 2.60 bits per heavy atom. The van der Waals surface area contributed by atoms with Gasteiger partial charge in [-0.3, -0.25) is 0 Å². The number of nitrogens with two attached hydrogens (primary N) is 1. The Bertz CT molecular complexity index is 336. The Hall–Kier alpha value is -0.850. The maximum absolute atomic E-state index is 9.20. The van der Waals surface area contributed by atoms with E-state index in [0.29, 0.717) is 5.88 Å². The minimum Gasteiger partial charge on any atom is -0.480 e. The molecule has 1 unspecified atom stereocenters. The summed E-state index contributed by atoms with van der Waals surface area (Å²) in [4.78, 5) is 6.91. The van der Waals surface area contributed by atoms with E-state index in [0.717, 1.165) is 10.0 Å². The lowest BCUT2D eigenvalue weighted by Gasteiger charge is -2.20. The SMILES string of the molecule is COc1nc(N(C)C)sc1C(C)(N)CO. The molecule has 0 saturated heterocycles. The number of methoxy groups -OCH3 is 1. The van der Waals surface area contributed by atoms with Gasteiger partial charge in [-0.2, -0.15) is 4.98 Å². The molecule has 0 spiro atoms. The molecule has 0 aliphatic rings. The third-order valence-electron chi connectivity index (χ3n) is 2.01. The zero-order valence-electron chi connectivity index (χ0n) is 9.44. The fraction of sp³-hybridized carbons (Fsp3) is 0.667. The molecular weight excluding hydrogens is 214 g/mol. The van der Waals surface area contributed by atoms with E-state index in [1.165, 1.54) is 11.3 Å². The molecule has 0 bridgehead atoms. The molecule has 15 heavy (non-hydrogen) atoms. The lowest BCUT2D eigenvalue weighted by Crippen LogP contribution is -2.36. The van der Waals surface area contributed by atoms with Gasteiger partial charge < -0.3 is 20.5 Å². The Balaban J connectivity index is 3.16. The van der Waals surface area contributed by atoms with Gasteiger partial charge in [0.1, 0.15) is 0 Å². The van der Waals surface area contributed by atoms with E-state index >= 15 is 0 Å². The maximum atomic E-state index is 9.20. The molecule has 86 valence electrons. The number of nitrogens with zero attached hydrogens (tertiary/aromatic N) is 2. The number of anilines is 1. The first-order valence-corrected chi connectivity index (χ1v) is 5.36. The molecule has 5 nitrogen and oxygen atoms in total. The van der Waals surface area contributed by atoms with Crippen LogP contribution in [-0.4, -0.2) is 37.9 Å². The standard InChI is InChI=1S/C9H17N3O2S/c1-9(10,5-13)6-7(14-4)11-8(15-6)12(2)3/h13H,5,10H2,1-4H3. The summed E-state index contributed by atoms with van der Waals surface area (Å²) >= 11 is 1.43. The summed E-state index contributed by atoms with van der Waals surface area (Å²) < 4.78 is 5.15. The van der Waals surface area contributed by atoms with Crippen LogP contribution >= 0.6 is 11.3 Å². The van der Waals surface area contributed by atoms with E-state index < -0.39 is 5.54 Å². The Morgan fingerprint density at radius 1 is 1.60 bits per heavy atom. The molecule has 1 heterocycles. The van der Waals surface area contributed by atoms with E-state index in [-0.39, 0.29) is 6.61 Å². The Labute approximate surface area is 93.5 Å². The van der Waals surface area contributed by atoms with Crippen molar-refractivity contribution in [2.75, 3.05) is 32.7 Å². The van der Waals surface area contributed by atoms with Crippen molar-refractivity contribution in [3.8, 4) is 5.88 Å². The van der Waals surface area contributed by atoms with Gasteiger partial charge in [0.05, 0.1) is 24.1 Å². The molecule has 0 aliphatic heterocycles. The Kier molecular flexibility index (Phi) is 3.54. The third kappa shape index (κ3) is 2.39. The predicted molar refractivity (Wildman–Crippen MR) is 61.6 cm³/mol. The van der Waals surface area contributed by atoms with Crippen molar-refractivity contribution in [1.82, 2.24) is 4.98 Å². The minimum absolute atomic E-state index is 0.140. The van der Waals surface area contributed by atoms with Crippen molar-refractivity contribution in [3.63, 3.8) is 0 Å². The summed E-state index contributed by atoms with van der Waals surface area (Å²) in [6.45, 7) is 1.61. The van der Waals surface area contributed by atoms with Gasteiger partial charge in [0, 0.05) is 14.1 Å². The van der Waals surface area contributed by atoms with Crippen molar-refractivity contribution < 1.29 is 9.84 Å². The first-order valence-electron chi connectivity index (χ1n) is 4.54. The van der Waals surface area contributed by atoms with E-state index in [4.69, 9.17) is 10.5 Å². The molecule has 0 aliphatic carbocycles. The topological polar surface area (TPSA) is 71.6 Å². The number of thiazole rings is 1. The second-order valence-corrected chi connectivity index (χ2v) is 4.78. The summed E-state index contributed by atoms with van der Waals surface area (Å²) in [5.74, 6) is 0.489. The average Bonchev–Trinajstić information content (AvgIpc) is 2.62. The lowest BCUT2D eigenvalue weighted by atomic mass is 10.0. The van der Waals surface area contributed by atoms with Gasteiger partial charge in [-0.05, 0) is 6.92 Å². The fourth-order valence-electron chi connectivity index (χ4n) is 1.06. The highest BCUT2D eigenvalue weighted by Gasteiger charge is 2.29. The van der Waals surface area contributed by atoms with Crippen LogP contribution in [-0.2, 0) is 5.54 Å². The first-order chi connectivity index (χ1) is 6.92. The van der Waals surface area contributed by atoms with Gasteiger partial charge in [-0.25, -0.2) is 0 Å². The van der Waals surface area contributed by atoms with Crippen LogP contribution in [0.25, 0.3) is 0 Å². The molecule has 1 aromatic rings. The molecule has 0 fully saturated rings. The number of hydrogen-bond acceptors (Lipinski definition) is 6. The molecule has 0 amide bonds. The number of rotatable bonds is 4. The zero-order chi connectivity index (χ0) is 11.6. The summed E-state index contributed by atoms with van der Waals surface area (Å²) in [7, 11) is 5.34. The normalized spacial score (nSPS) is 14.8. The van der Waals surface area contributed by atoms with Crippen LogP contribution < -0.4 is 15.4 Å². The quantitative estimate of drug-likeness (QED) is 0.784. The molecule has 0 saturated carbocycles. The zero-order valence-corrected chi connectivity index (χ0v) is 10.3. The maximum Gasteiger partial charge on any atom is 0.231 e. The van der Waals surface area contributed by atoms with E-state index in [1.807, 2.05) is 19.0 Å². The molecular formula is C9H17N3O2S. The smallest absolute Gasteiger partial charge is 0.231 e. The lowest BCUT2D eigenvalue weighted by molar-refractivity contribution is 0.208. The van der Waals surface area contributed by atoms with Gasteiger partial charge in [0.2, 0.25) is 5.88 Å². The van der Waals surface area contributed by atoms with Crippen LogP contribution in [0.2, 0.25) is 0 Å². The summed E-state index contributed by atoms with van der Waals surface area (Å²) in [5.41, 5.74) is 5.14.